The number of aliphatic hydroxyl groups excluding tert-OH is 1. The van der Waals surface area contributed by atoms with Gasteiger partial charge in [0.2, 0.25) is 0 Å². The van der Waals surface area contributed by atoms with Gasteiger partial charge >= 0.3 is 0 Å². The Kier molecular flexibility index (Phi) is 4.76. The molecule has 1 heterocycles. The molecule has 106 valence electrons. The van der Waals surface area contributed by atoms with E-state index in [0.717, 1.165) is 17.8 Å². The summed E-state index contributed by atoms with van der Waals surface area (Å²) < 4.78 is 26.3. The molecule has 2 atom stereocenters. The van der Waals surface area contributed by atoms with Gasteiger partial charge in [-0.05, 0) is 25.1 Å². The topological polar surface area (TPSA) is 45.1 Å². The number of benzene rings is 1. The highest BCUT2D eigenvalue weighted by atomic mass is 19.1. The van der Waals surface area contributed by atoms with Gasteiger partial charge in [-0.1, -0.05) is 12.1 Å². The lowest BCUT2D eigenvalue weighted by molar-refractivity contribution is 0.166. The highest BCUT2D eigenvalue weighted by Crippen LogP contribution is 2.18. The third kappa shape index (κ3) is 3.59. The second-order valence-electron chi connectivity index (χ2n) is 4.57. The van der Waals surface area contributed by atoms with Crippen LogP contribution in [-0.4, -0.2) is 16.6 Å². The van der Waals surface area contributed by atoms with Gasteiger partial charge in [0, 0.05) is 30.4 Å². The van der Waals surface area contributed by atoms with Crippen LogP contribution in [0.25, 0.3) is 0 Å². The van der Waals surface area contributed by atoms with E-state index in [9.17, 15) is 13.9 Å². The molecule has 0 fully saturated rings. The second-order valence-corrected chi connectivity index (χ2v) is 4.57. The van der Waals surface area contributed by atoms with Crippen molar-refractivity contribution < 1.29 is 13.9 Å². The van der Waals surface area contributed by atoms with Crippen LogP contribution in [0.1, 0.15) is 30.3 Å². The summed E-state index contributed by atoms with van der Waals surface area (Å²) in [5.74, 6) is -1.40. The monoisotopic (exact) mass is 278 g/mol. The number of pyridine rings is 1. The van der Waals surface area contributed by atoms with Gasteiger partial charge in [-0.2, -0.15) is 0 Å². The number of halogens is 2. The summed E-state index contributed by atoms with van der Waals surface area (Å²) in [5.41, 5.74) is 0.909. The van der Waals surface area contributed by atoms with Crippen molar-refractivity contribution in [3.05, 3.63) is 65.5 Å². The SMILES string of the molecule is C[C@H](NCC(O)c1ccc(F)cc1F)c1ccccn1. The molecule has 0 bridgehead atoms. The molecule has 0 radical (unpaired) electrons. The van der Waals surface area contributed by atoms with Gasteiger partial charge in [0.25, 0.3) is 0 Å². The smallest absolute Gasteiger partial charge is 0.131 e. The molecule has 2 aromatic rings. The van der Waals surface area contributed by atoms with Crippen LogP contribution < -0.4 is 5.32 Å². The van der Waals surface area contributed by atoms with Crippen molar-refractivity contribution in [2.45, 2.75) is 19.1 Å². The third-order valence-corrected chi connectivity index (χ3v) is 3.07. The molecule has 0 aliphatic rings. The van der Waals surface area contributed by atoms with Crippen LogP contribution in [0.4, 0.5) is 8.78 Å². The van der Waals surface area contributed by atoms with Crippen molar-refractivity contribution in [1.82, 2.24) is 10.3 Å². The highest BCUT2D eigenvalue weighted by molar-refractivity contribution is 5.21. The number of aromatic nitrogens is 1. The van der Waals surface area contributed by atoms with Gasteiger partial charge in [0.1, 0.15) is 11.6 Å². The van der Waals surface area contributed by atoms with E-state index in [-0.39, 0.29) is 18.2 Å². The van der Waals surface area contributed by atoms with Crippen molar-refractivity contribution in [3.63, 3.8) is 0 Å². The van der Waals surface area contributed by atoms with Crippen LogP contribution in [0, 0.1) is 11.6 Å². The van der Waals surface area contributed by atoms with Crippen LogP contribution in [-0.2, 0) is 0 Å². The molecule has 2 N–H and O–H groups in total. The number of rotatable bonds is 5. The fourth-order valence-corrected chi connectivity index (χ4v) is 1.91. The Balaban J connectivity index is 1.96. The Morgan fingerprint density at radius 2 is 2.05 bits per heavy atom. The minimum atomic E-state index is -1.04. The number of aliphatic hydroxyl groups is 1. The van der Waals surface area contributed by atoms with Crippen molar-refractivity contribution >= 4 is 0 Å². The van der Waals surface area contributed by atoms with E-state index in [2.05, 4.69) is 10.3 Å². The molecule has 20 heavy (non-hydrogen) atoms. The summed E-state index contributed by atoms with van der Waals surface area (Å²) in [4.78, 5) is 4.19. The van der Waals surface area contributed by atoms with Gasteiger partial charge in [-0.25, -0.2) is 8.78 Å². The first-order valence-electron chi connectivity index (χ1n) is 6.35. The molecular formula is C15H16F2N2O. The lowest BCUT2D eigenvalue weighted by Gasteiger charge is -2.17. The van der Waals surface area contributed by atoms with Crippen LogP contribution in [0.15, 0.2) is 42.6 Å². The van der Waals surface area contributed by atoms with E-state index in [4.69, 9.17) is 0 Å². The molecule has 0 saturated carbocycles. The first-order chi connectivity index (χ1) is 9.58. The Morgan fingerprint density at radius 1 is 1.25 bits per heavy atom. The molecule has 0 spiro atoms. The van der Waals surface area contributed by atoms with E-state index in [0.29, 0.717) is 0 Å². The van der Waals surface area contributed by atoms with Gasteiger partial charge in [-0.15, -0.1) is 0 Å². The summed E-state index contributed by atoms with van der Waals surface area (Å²) >= 11 is 0. The van der Waals surface area contributed by atoms with Crippen molar-refractivity contribution in [3.8, 4) is 0 Å². The van der Waals surface area contributed by atoms with Crippen molar-refractivity contribution in [2.24, 2.45) is 0 Å². The lowest BCUT2D eigenvalue weighted by atomic mass is 10.1. The molecule has 2 rings (SSSR count). The van der Waals surface area contributed by atoms with Crippen LogP contribution in [0.3, 0.4) is 0 Å². The first-order valence-corrected chi connectivity index (χ1v) is 6.35. The van der Waals surface area contributed by atoms with Crippen LogP contribution in [0.2, 0.25) is 0 Å². The van der Waals surface area contributed by atoms with Crippen molar-refractivity contribution in [2.75, 3.05) is 6.54 Å². The zero-order valence-electron chi connectivity index (χ0n) is 11.1. The fraction of sp³-hybridized carbons (Fsp3) is 0.267. The molecule has 0 amide bonds. The average Bonchev–Trinajstić information content (AvgIpc) is 2.45. The molecule has 1 aromatic heterocycles. The number of hydrogen-bond acceptors (Lipinski definition) is 3. The summed E-state index contributed by atoms with van der Waals surface area (Å²) in [6, 6.07) is 8.62. The summed E-state index contributed by atoms with van der Waals surface area (Å²) in [5, 5.41) is 13.0. The maximum atomic E-state index is 13.5. The van der Waals surface area contributed by atoms with E-state index in [1.807, 2.05) is 25.1 Å². The second kappa shape index (κ2) is 6.54. The Hall–Kier alpha value is -1.85. The van der Waals surface area contributed by atoms with E-state index in [1.54, 1.807) is 6.20 Å². The normalized spacial score (nSPS) is 14.0. The number of nitrogens with one attached hydrogen (secondary N) is 1. The standard InChI is InChI=1S/C15H16F2N2O/c1-10(14-4-2-3-7-18-14)19-9-15(20)12-6-5-11(16)8-13(12)17/h2-8,10,15,19-20H,9H2,1H3/t10-,15?/m0/s1. The average molecular weight is 278 g/mol. The predicted octanol–water partition coefficient (Wildman–Crippen LogP) is 2.74. The van der Waals surface area contributed by atoms with Crippen LogP contribution >= 0.6 is 0 Å². The zero-order valence-corrected chi connectivity index (χ0v) is 11.1. The van der Waals surface area contributed by atoms with Gasteiger partial charge in [0.05, 0.1) is 11.8 Å². The molecule has 5 heteroatoms. The molecule has 1 unspecified atom stereocenters. The Morgan fingerprint density at radius 3 is 2.70 bits per heavy atom. The molecule has 0 saturated heterocycles. The van der Waals surface area contributed by atoms with E-state index in [1.165, 1.54) is 6.07 Å². The maximum absolute atomic E-state index is 13.5. The first kappa shape index (κ1) is 14.6. The van der Waals surface area contributed by atoms with E-state index < -0.39 is 17.7 Å². The number of nitrogens with zero attached hydrogens (tertiary/aromatic N) is 1. The molecule has 3 nitrogen and oxygen atoms in total. The van der Waals surface area contributed by atoms with Crippen LogP contribution in [0.5, 0.6) is 0 Å². The van der Waals surface area contributed by atoms with E-state index >= 15 is 0 Å². The summed E-state index contributed by atoms with van der Waals surface area (Å²) in [6.07, 6.45) is 0.644. The molecule has 1 aromatic carbocycles. The largest absolute Gasteiger partial charge is 0.387 e. The van der Waals surface area contributed by atoms with Gasteiger partial charge < -0.3 is 10.4 Å². The minimum Gasteiger partial charge on any atom is -0.387 e. The van der Waals surface area contributed by atoms with Gasteiger partial charge in [0.15, 0.2) is 0 Å². The third-order valence-electron chi connectivity index (χ3n) is 3.07. The number of hydrogen-bond donors (Lipinski definition) is 2. The van der Waals surface area contributed by atoms with Gasteiger partial charge in [-0.3, -0.25) is 4.98 Å². The Bertz CT molecular complexity index is 563. The predicted molar refractivity (Wildman–Crippen MR) is 72.0 cm³/mol. The quantitative estimate of drug-likeness (QED) is 0.884. The maximum Gasteiger partial charge on any atom is 0.131 e. The highest BCUT2D eigenvalue weighted by Gasteiger charge is 2.15. The zero-order chi connectivity index (χ0) is 14.5. The summed E-state index contributed by atoms with van der Waals surface area (Å²) in [7, 11) is 0. The van der Waals surface area contributed by atoms with Crippen molar-refractivity contribution in [1.29, 1.82) is 0 Å². The molecule has 0 aliphatic heterocycles. The lowest BCUT2D eigenvalue weighted by Crippen LogP contribution is -2.25. The molecular weight excluding hydrogens is 262 g/mol. The molecule has 0 aliphatic carbocycles. The summed E-state index contributed by atoms with van der Waals surface area (Å²) in [6.45, 7) is 2.05. The minimum absolute atomic E-state index is 0.0747. The fourth-order valence-electron chi connectivity index (χ4n) is 1.91. The Labute approximate surface area is 116 Å².